The van der Waals surface area contributed by atoms with Crippen LogP contribution in [-0.4, -0.2) is 10.9 Å². The normalized spacial score (nSPS) is 22.3. The predicted octanol–water partition coefficient (Wildman–Crippen LogP) is 2.94. The third-order valence-corrected chi connectivity index (χ3v) is 4.77. The lowest BCUT2D eigenvalue weighted by molar-refractivity contribution is -0.124. The standard InChI is InChI=1S/C15H22N2O/c1-10(11-8-6-7-9-16-11)17-13(18)12-14(2,3)15(12,4)5/h6-10,12H,1-5H3,(H,17,18). The average Bonchev–Trinajstić information content (AvgIpc) is 2.70. The van der Waals surface area contributed by atoms with Crippen LogP contribution in [0.4, 0.5) is 0 Å². The van der Waals surface area contributed by atoms with Crippen LogP contribution >= 0.6 is 0 Å². The highest BCUT2D eigenvalue weighted by molar-refractivity contribution is 5.84. The minimum atomic E-state index is -0.0362. The van der Waals surface area contributed by atoms with Crippen molar-refractivity contribution in [3.8, 4) is 0 Å². The highest BCUT2D eigenvalue weighted by Gasteiger charge is 2.68. The lowest BCUT2D eigenvalue weighted by Crippen LogP contribution is -2.30. The van der Waals surface area contributed by atoms with Gasteiger partial charge in [-0.25, -0.2) is 0 Å². The number of hydrogen-bond donors (Lipinski definition) is 1. The van der Waals surface area contributed by atoms with Gasteiger partial charge < -0.3 is 5.32 Å². The number of nitrogens with zero attached hydrogens (tertiary/aromatic N) is 1. The highest BCUT2D eigenvalue weighted by Crippen LogP contribution is 2.68. The fourth-order valence-electron chi connectivity index (χ4n) is 2.85. The van der Waals surface area contributed by atoms with Crippen LogP contribution in [0, 0.1) is 16.7 Å². The quantitative estimate of drug-likeness (QED) is 0.891. The molecule has 0 spiro atoms. The van der Waals surface area contributed by atoms with E-state index in [1.807, 2.05) is 25.1 Å². The second-order valence-corrected chi connectivity index (χ2v) is 6.36. The molecule has 1 amide bonds. The molecular formula is C15H22N2O. The summed E-state index contributed by atoms with van der Waals surface area (Å²) in [5, 5.41) is 3.07. The predicted molar refractivity (Wildman–Crippen MR) is 71.8 cm³/mol. The smallest absolute Gasteiger partial charge is 0.224 e. The van der Waals surface area contributed by atoms with E-state index in [9.17, 15) is 4.79 Å². The minimum Gasteiger partial charge on any atom is -0.348 e. The van der Waals surface area contributed by atoms with Crippen molar-refractivity contribution in [1.82, 2.24) is 10.3 Å². The van der Waals surface area contributed by atoms with Crippen molar-refractivity contribution in [3.63, 3.8) is 0 Å². The van der Waals surface area contributed by atoms with Gasteiger partial charge in [-0.2, -0.15) is 0 Å². The van der Waals surface area contributed by atoms with Crippen LogP contribution in [0.25, 0.3) is 0 Å². The fraction of sp³-hybridized carbons (Fsp3) is 0.600. The molecular weight excluding hydrogens is 224 g/mol. The molecule has 0 bridgehead atoms. The number of aromatic nitrogens is 1. The Hall–Kier alpha value is -1.38. The van der Waals surface area contributed by atoms with Crippen LogP contribution in [0.5, 0.6) is 0 Å². The van der Waals surface area contributed by atoms with Gasteiger partial charge in [-0.15, -0.1) is 0 Å². The Kier molecular flexibility index (Phi) is 2.96. The molecule has 98 valence electrons. The third-order valence-electron chi connectivity index (χ3n) is 4.77. The van der Waals surface area contributed by atoms with Crippen molar-refractivity contribution >= 4 is 5.91 Å². The topological polar surface area (TPSA) is 42.0 Å². The number of hydrogen-bond acceptors (Lipinski definition) is 2. The number of carbonyl (C=O) groups is 1. The van der Waals surface area contributed by atoms with E-state index in [1.165, 1.54) is 0 Å². The summed E-state index contributed by atoms with van der Waals surface area (Å²) in [4.78, 5) is 16.6. The van der Waals surface area contributed by atoms with Gasteiger partial charge in [-0.1, -0.05) is 33.8 Å². The lowest BCUT2D eigenvalue weighted by atomic mass is 10.0. The summed E-state index contributed by atoms with van der Waals surface area (Å²) >= 11 is 0. The van der Waals surface area contributed by atoms with Crippen molar-refractivity contribution in [2.75, 3.05) is 0 Å². The summed E-state index contributed by atoms with van der Waals surface area (Å²) < 4.78 is 0. The van der Waals surface area contributed by atoms with E-state index in [0.29, 0.717) is 0 Å². The molecule has 1 heterocycles. The van der Waals surface area contributed by atoms with E-state index < -0.39 is 0 Å². The van der Waals surface area contributed by atoms with Gasteiger partial charge in [0.2, 0.25) is 5.91 Å². The molecule has 1 aliphatic carbocycles. The Balaban J connectivity index is 2.02. The van der Waals surface area contributed by atoms with Crippen LogP contribution in [0.3, 0.4) is 0 Å². The molecule has 0 saturated heterocycles. The lowest BCUT2D eigenvalue weighted by Gasteiger charge is -2.14. The first kappa shape index (κ1) is 13.1. The van der Waals surface area contributed by atoms with Crippen LogP contribution in [-0.2, 0) is 4.79 Å². The Morgan fingerprint density at radius 1 is 1.28 bits per heavy atom. The fourth-order valence-corrected chi connectivity index (χ4v) is 2.85. The monoisotopic (exact) mass is 246 g/mol. The van der Waals surface area contributed by atoms with E-state index in [2.05, 4.69) is 38.0 Å². The zero-order valence-electron chi connectivity index (χ0n) is 11.8. The third kappa shape index (κ3) is 1.92. The Bertz CT molecular complexity index is 437. The van der Waals surface area contributed by atoms with Gasteiger partial charge in [0.1, 0.15) is 0 Å². The van der Waals surface area contributed by atoms with Gasteiger partial charge >= 0.3 is 0 Å². The van der Waals surface area contributed by atoms with Crippen LogP contribution in [0.2, 0.25) is 0 Å². The maximum atomic E-state index is 12.3. The van der Waals surface area contributed by atoms with Crippen LogP contribution in [0.15, 0.2) is 24.4 Å². The number of carbonyl (C=O) groups excluding carboxylic acids is 1. The Labute approximate surface area is 109 Å². The first-order chi connectivity index (χ1) is 8.28. The number of nitrogens with one attached hydrogen (secondary N) is 1. The molecule has 18 heavy (non-hydrogen) atoms. The number of pyridine rings is 1. The molecule has 3 heteroatoms. The molecule has 1 aromatic heterocycles. The van der Waals surface area contributed by atoms with E-state index in [0.717, 1.165) is 5.69 Å². The highest BCUT2D eigenvalue weighted by atomic mass is 16.2. The number of amides is 1. The van der Waals surface area contributed by atoms with E-state index >= 15 is 0 Å². The second-order valence-electron chi connectivity index (χ2n) is 6.36. The zero-order valence-corrected chi connectivity index (χ0v) is 11.8. The van der Waals surface area contributed by atoms with Crippen molar-refractivity contribution in [3.05, 3.63) is 30.1 Å². The summed E-state index contributed by atoms with van der Waals surface area (Å²) in [6.07, 6.45) is 1.75. The average molecular weight is 246 g/mol. The molecule has 0 aromatic carbocycles. The summed E-state index contributed by atoms with van der Waals surface area (Å²) in [5.41, 5.74) is 1.07. The van der Waals surface area contributed by atoms with E-state index in [1.54, 1.807) is 6.20 Å². The van der Waals surface area contributed by atoms with Crippen molar-refractivity contribution in [1.29, 1.82) is 0 Å². The van der Waals surface area contributed by atoms with Gasteiger partial charge in [-0.05, 0) is 29.9 Å². The molecule has 0 aliphatic heterocycles. The van der Waals surface area contributed by atoms with Gasteiger partial charge in [0, 0.05) is 12.1 Å². The zero-order chi connectivity index (χ0) is 13.6. The minimum absolute atomic E-state index is 0.0362. The van der Waals surface area contributed by atoms with Crippen molar-refractivity contribution in [2.24, 2.45) is 16.7 Å². The van der Waals surface area contributed by atoms with Crippen molar-refractivity contribution in [2.45, 2.75) is 40.7 Å². The van der Waals surface area contributed by atoms with E-state index in [4.69, 9.17) is 0 Å². The first-order valence-electron chi connectivity index (χ1n) is 6.50. The summed E-state index contributed by atoms with van der Waals surface area (Å²) in [7, 11) is 0. The second kappa shape index (κ2) is 4.08. The Morgan fingerprint density at radius 3 is 2.33 bits per heavy atom. The molecule has 1 unspecified atom stereocenters. The Morgan fingerprint density at radius 2 is 1.89 bits per heavy atom. The van der Waals surface area contributed by atoms with Crippen molar-refractivity contribution < 1.29 is 4.79 Å². The van der Waals surface area contributed by atoms with Gasteiger partial charge in [-0.3, -0.25) is 9.78 Å². The number of rotatable bonds is 3. The first-order valence-corrected chi connectivity index (χ1v) is 6.50. The largest absolute Gasteiger partial charge is 0.348 e. The molecule has 1 aromatic rings. The van der Waals surface area contributed by atoms with E-state index in [-0.39, 0.29) is 28.7 Å². The van der Waals surface area contributed by atoms with Crippen LogP contribution < -0.4 is 5.32 Å². The SMILES string of the molecule is CC(NC(=O)C1C(C)(C)C1(C)C)c1ccccn1. The molecule has 1 fully saturated rings. The molecule has 2 rings (SSSR count). The van der Waals surface area contributed by atoms with Crippen LogP contribution in [0.1, 0.15) is 46.4 Å². The molecule has 0 radical (unpaired) electrons. The summed E-state index contributed by atoms with van der Waals surface area (Å²) in [6.45, 7) is 10.6. The molecule has 1 atom stereocenters. The molecule has 1 N–H and O–H groups in total. The molecule has 3 nitrogen and oxygen atoms in total. The summed E-state index contributed by atoms with van der Waals surface area (Å²) in [5.74, 6) is 0.235. The summed E-state index contributed by atoms with van der Waals surface area (Å²) in [6, 6.07) is 5.72. The molecule has 1 aliphatic rings. The van der Waals surface area contributed by atoms with Gasteiger partial charge in [0.25, 0.3) is 0 Å². The van der Waals surface area contributed by atoms with Gasteiger partial charge in [0.15, 0.2) is 0 Å². The maximum Gasteiger partial charge on any atom is 0.224 e. The maximum absolute atomic E-state index is 12.3. The molecule has 1 saturated carbocycles. The van der Waals surface area contributed by atoms with Gasteiger partial charge in [0.05, 0.1) is 11.7 Å².